The Labute approximate surface area is 106 Å². The van der Waals surface area contributed by atoms with Crippen molar-refractivity contribution in [2.45, 2.75) is 32.0 Å². The molecule has 18 heavy (non-hydrogen) atoms. The van der Waals surface area contributed by atoms with Crippen molar-refractivity contribution in [2.75, 3.05) is 7.11 Å². The maximum absolute atomic E-state index is 12.7. The van der Waals surface area contributed by atoms with Gasteiger partial charge in [0.2, 0.25) is 0 Å². The Morgan fingerprint density at radius 3 is 2.72 bits per heavy atom. The highest BCUT2D eigenvalue weighted by molar-refractivity contribution is 5.72. The monoisotopic (exact) mass is 252 g/mol. The Bertz CT molecular complexity index is 402. The van der Waals surface area contributed by atoms with Crippen LogP contribution in [0.4, 0.5) is 4.39 Å². The minimum atomic E-state index is -0.245. The lowest BCUT2D eigenvalue weighted by atomic mass is 10.1. The Hall–Kier alpha value is -1.42. The first-order valence-electron chi connectivity index (χ1n) is 6.13. The number of hydrogen-bond donors (Lipinski definition) is 0. The van der Waals surface area contributed by atoms with Crippen LogP contribution in [-0.4, -0.2) is 19.2 Å². The van der Waals surface area contributed by atoms with Crippen LogP contribution in [0.1, 0.15) is 24.8 Å². The summed E-state index contributed by atoms with van der Waals surface area (Å²) in [6, 6.07) is 6.26. The topological polar surface area (TPSA) is 35.5 Å². The molecule has 0 saturated heterocycles. The van der Waals surface area contributed by atoms with E-state index >= 15 is 0 Å². The van der Waals surface area contributed by atoms with Gasteiger partial charge in [-0.15, -0.1) is 0 Å². The maximum Gasteiger partial charge on any atom is 0.308 e. The van der Waals surface area contributed by atoms with Gasteiger partial charge in [0.15, 0.2) is 0 Å². The van der Waals surface area contributed by atoms with Crippen LogP contribution < -0.4 is 0 Å². The van der Waals surface area contributed by atoms with E-state index in [0.29, 0.717) is 13.0 Å². The summed E-state index contributed by atoms with van der Waals surface area (Å²) in [7, 11) is 1.41. The molecule has 0 aromatic heterocycles. The molecule has 98 valence electrons. The summed E-state index contributed by atoms with van der Waals surface area (Å²) in [5.41, 5.74) is 0.943. The molecule has 0 radical (unpaired) electrons. The van der Waals surface area contributed by atoms with Crippen LogP contribution >= 0.6 is 0 Å². The van der Waals surface area contributed by atoms with Gasteiger partial charge in [0.1, 0.15) is 5.82 Å². The van der Waals surface area contributed by atoms with Gasteiger partial charge >= 0.3 is 5.97 Å². The van der Waals surface area contributed by atoms with Crippen molar-refractivity contribution in [3.63, 3.8) is 0 Å². The Kier molecular flexibility index (Phi) is 4.31. The van der Waals surface area contributed by atoms with Gasteiger partial charge in [-0.3, -0.25) is 4.79 Å². The second-order valence-electron chi connectivity index (χ2n) is 4.59. The van der Waals surface area contributed by atoms with E-state index in [1.165, 1.54) is 19.2 Å². The highest BCUT2D eigenvalue weighted by atomic mass is 19.1. The maximum atomic E-state index is 12.7. The molecule has 1 aliphatic rings. The summed E-state index contributed by atoms with van der Waals surface area (Å²) in [5, 5.41) is 0. The van der Waals surface area contributed by atoms with Crippen LogP contribution in [0.3, 0.4) is 0 Å². The van der Waals surface area contributed by atoms with Crippen molar-refractivity contribution in [2.24, 2.45) is 5.92 Å². The summed E-state index contributed by atoms with van der Waals surface area (Å²) in [6.07, 6.45) is 2.51. The van der Waals surface area contributed by atoms with Crippen molar-refractivity contribution in [1.82, 2.24) is 0 Å². The van der Waals surface area contributed by atoms with Crippen LogP contribution in [0.5, 0.6) is 0 Å². The van der Waals surface area contributed by atoms with Gasteiger partial charge in [-0.2, -0.15) is 0 Å². The smallest absolute Gasteiger partial charge is 0.308 e. The fourth-order valence-corrected chi connectivity index (χ4v) is 2.27. The Morgan fingerprint density at radius 2 is 2.06 bits per heavy atom. The van der Waals surface area contributed by atoms with Gasteiger partial charge in [0, 0.05) is 0 Å². The van der Waals surface area contributed by atoms with Crippen LogP contribution in [0, 0.1) is 11.7 Å². The van der Waals surface area contributed by atoms with Crippen molar-refractivity contribution in [1.29, 1.82) is 0 Å². The van der Waals surface area contributed by atoms with E-state index in [-0.39, 0.29) is 23.8 Å². The fourth-order valence-electron chi connectivity index (χ4n) is 2.27. The van der Waals surface area contributed by atoms with E-state index in [0.717, 1.165) is 18.4 Å². The van der Waals surface area contributed by atoms with Gasteiger partial charge < -0.3 is 9.47 Å². The van der Waals surface area contributed by atoms with Crippen molar-refractivity contribution in [3.05, 3.63) is 35.6 Å². The third-order valence-corrected chi connectivity index (χ3v) is 3.32. The minimum absolute atomic E-state index is 0.0341. The van der Waals surface area contributed by atoms with Crippen LogP contribution in [0.2, 0.25) is 0 Å². The second-order valence-corrected chi connectivity index (χ2v) is 4.59. The molecule has 1 aliphatic carbocycles. The minimum Gasteiger partial charge on any atom is -0.469 e. The Balaban J connectivity index is 1.78. The lowest BCUT2D eigenvalue weighted by Gasteiger charge is -2.12. The summed E-state index contributed by atoms with van der Waals surface area (Å²) < 4.78 is 23.2. The third-order valence-electron chi connectivity index (χ3n) is 3.32. The number of halogens is 1. The van der Waals surface area contributed by atoms with E-state index in [4.69, 9.17) is 9.47 Å². The van der Waals surface area contributed by atoms with E-state index in [9.17, 15) is 9.18 Å². The van der Waals surface area contributed by atoms with Crippen LogP contribution in [0.15, 0.2) is 24.3 Å². The predicted molar refractivity (Wildman–Crippen MR) is 64.3 cm³/mol. The van der Waals surface area contributed by atoms with Crippen LogP contribution in [0.25, 0.3) is 0 Å². The summed E-state index contributed by atoms with van der Waals surface area (Å²) in [4.78, 5) is 11.4. The predicted octanol–water partition coefficient (Wildman–Crippen LogP) is 2.68. The fraction of sp³-hybridized carbons (Fsp3) is 0.500. The molecule has 1 aromatic carbocycles. The average molecular weight is 252 g/mol. The van der Waals surface area contributed by atoms with Crippen molar-refractivity contribution in [3.8, 4) is 0 Å². The molecule has 0 bridgehead atoms. The molecule has 4 heteroatoms. The average Bonchev–Trinajstić information content (AvgIpc) is 2.86. The molecule has 0 aliphatic heterocycles. The number of hydrogen-bond acceptors (Lipinski definition) is 3. The van der Waals surface area contributed by atoms with Gasteiger partial charge in [0.25, 0.3) is 0 Å². The van der Waals surface area contributed by atoms with E-state index < -0.39 is 0 Å². The standard InChI is InChI=1S/C14H17FO3/c1-17-14(16)11-4-7-13(8-11)18-9-10-2-5-12(15)6-3-10/h2-3,5-6,11,13H,4,7-9H2,1H3. The SMILES string of the molecule is COC(=O)C1CCC(OCc2ccc(F)cc2)C1. The molecule has 3 nitrogen and oxygen atoms in total. The molecule has 1 aromatic rings. The molecule has 1 fully saturated rings. The molecule has 2 rings (SSSR count). The highest BCUT2D eigenvalue weighted by Gasteiger charge is 2.30. The van der Waals surface area contributed by atoms with E-state index in [1.54, 1.807) is 12.1 Å². The summed E-state index contributed by atoms with van der Waals surface area (Å²) in [5.74, 6) is -0.429. The zero-order chi connectivity index (χ0) is 13.0. The second kappa shape index (κ2) is 5.96. The zero-order valence-corrected chi connectivity index (χ0v) is 10.4. The number of esters is 1. The zero-order valence-electron chi connectivity index (χ0n) is 10.4. The summed E-state index contributed by atoms with van der Waals surface area (Å²) >= 11 is 0. The van der Waals surface area contributed by atoms with Crippen molar-refractivity contribution < 1.29 is 18.7 Å². The lowest BCUT2D eigenvalue weighted by Crippen LogP contribution is -2.15. The molecule has 0 heterocycles. The number of carbonyl (C=O) groups is 1. The molecule has 0 N–H and O–H groups in total. The first kappa shape index (κ1) is 13.0. The summed E-state index contributed by atoms with van der Waals surface area (Å²) in [6.45, 7) is 0.457. The quantitative estimate of drug-likeness (QED) is 0.773. The normalized spacial score (nSPS) is 23.0. The molecule has 2 unspecified atom stereocenters. The van der Waals surface area contributed by atoms with Gasteiger partial charge in [-0.1, -0.05) is 12.1 Å². The molecule has 2 atom stereocenters. The van der Waals surface area contributed by atoms with Crippen molar-refractivity contribution >= 4 is 5.97 Å². The molecule has 0 amide bonds. The van der Waals surface area contributed by atoms with Crippen LogP contribution in [-0.2, 0) is 20.9 Å². The molecular weight excluding hydrogens is 235 g/mol. The first-order chi connectivity index (χ1) is 8.69. The highest BCUT2D eigenvalue weighted by Crippen LogP contribution is 2.29. The van der Waals surface area contributed by atoms with E-state index in [1.807, 2.05) is 0 Å². The first-order valence-corrected chi connectivity index (χ1v) is 6.13. The molecular formula is C14H17FO3. The molecule has 1 saturated carbocycles. The third kappa shape index (κ3) is 3.29. The van der Waals surface area contributed by atoms with Gasteiger partial charge in [0.05, 0.1) is 25.7 Å². The number of carbonyl (C=O) groups excluding carboxylic acids is 1. The number of rotatable bonds is 4. The number of benzene rings is 1. The number of methoxy groups -OCH3 is 1. The van der Waals surface area contributed by atoms with Gasteiger partial charge in [-0.05, 0) is 37.0 Å². The Morgan fingerprint density at radius 1 is 1.33 bits per heavy atom. The lowest BCUT2D eigenvalue weighted by molar-refractivity contribution is -0.145. The van der Waals surface area contributed by atoms with Gasteiger partial charge in [-0.25, -0.2) is 4.39 Å². The number of ether oxygens (including phenoxy) is 2. The van der Waals surface area contributed by atoms with E-state index in [2.05, 4.69) is 0 Å². The molecule has 0 spiro atoms. The largest absolute Gasteiger partial charge is 0.469 e.